The van der Waals surface area contributed by atoms with Gasteiger partial charge in [-0.2, -0.15) is 19.6 Å². The highest BCUT2D eigenvalue weighted by molar-refractivity contribution is 5.68. The van der Waals surface area contributed by atoms with Crippen LogP contribution in [0.15, 0.2) is 23.1 Å². The zero-order valence-electron chi connectivity index (χ0n) is 22.6. The van der Waals surface area contributed by atoms with Crippen molar-refractivity contribution in [3.8, 4) is 17.5 Å². The Morgan fingerprint density at radius 2 is 1.89 bits per heavy atom. The second kappa shape index (κ2) is 10.0. The fourth-order valence-corrected chi connectivity index (χ4v) is 5.03. The first-order valence-corrected chi connectivity index (χ1v) is 12.4. The number of nitriles is 1. The van der Waals surface area contributed by atoms with Crippen molar-refractivity contribution in [1.29, 1.82) is 5.26 Å². The summed E-state index contributed by atoms with van der Waals surface area (Å²) in [5.41, 5.74) is -0.0173. The molecule has 0 amide bonds. The van der Waals surface area contributed by atoms with E-state index in [9.17, 15) is 14.4 Å². The molecule has 1 aromatic carbocycles. The van der Waals surface area contributed by atoms with Gasteiger partial charge < -0.3 is 20.7 Å². The Balaban J connectivity index is 1.68. The summed E-state index contributed by atoms with van der Waals surface area (Å²) < 4.78 is 22.7. The molecular formula is C25H33FN10O2. The van der Waals surface area contributed by atoms with Gasteiger partial charge in [0.15, 0.2) is 17.4 Å². The second-order valence-corrected chi connectivity index (χ2v) is 11.1. The van der Waals surface area contributed by atoms with Crippen molar-refractivity contribution in [3.63, 3.8) is 0 Å². The van der Waals surface area contributed by atoms with Crippen molar-refractivity contribution in [1.82, 2.24) is 35.1 Å². The second-order valence-electron chi connectivity index (χ2n) is 11.1. The zero-order chi connectivity index (χ0) is 27.8. The van der Waals surface area contributed by atoms with E-state index in [4.69, 9.17) is 4.74 Å². The molecule has 0 spiro atoms. The van der Waals surface area contributed by atoms with Crippen LogP contribution < -0.4 is 26.4 Å². The molecule has 1 fully saturated rings. The summed E-state index contributed by atoms with van der Waals surface area (Å²) in [6.45, 7) is 12.1. The quantitative estimate of drug-likeness (QED) is 0.421. The van der Waals surface area contributed by atoms with E-state index < -0.39 is 11.5 Å². The molecule has 12 nitrogen and oxygen atoms in total. The normalized spacial score (nSPS) is 16.7. The summed E-state index contributed by atoms with van der Waals surface area (Å²) in [6, 6.07) is 5.21. The average molecular weight is 525 g/mol. The van der Waals surface area contributed by atoms with Crippen LogP contribution in [0.2, 0.25) is 0 Å². The molecule has 4 rings (SSSR count). The third-order valence-corrected chi connectivity index (χ3v) is 6.02. The molecular weight excluding hydrogens is 491 g/mol. The minimum Gasteiger partial charge on any atom is -0.487 e. The molecule has 3 N–H and O–H groups in total. The molecule has 0 radical (unpaired) electrons. The summed E-state index contributed by atoms with van der Waals surface area (Å²) in [4.78, 5) is 21.0. The number of halogens is 1. The Morgan fingerprint density at radius 3 is 2.47 bits per heavy atom. The van der Waals surface area contributed by atoms with Crippen LogP contribution in [0.25, 0.3) is 5.69 Å². The summed E-state index contributed by atoms with van der Waals surface area (Å²) in [7, 11) is 1.47. The maximum Gasteiger partial charge on any atom is 0.368 e. The van der Waals surface area contributed by atoms with E-state index >= 15 is 0 Å². The van der Waals surface area contributed by atoms with Crippen LogP contribution in [0, 0.1) is 17.1 Å². The zero-order valence-corrected chi connectivity index (χ0v) is 22.6. The molecule has 38 heavy (non-hydrogen) atoms. The number of hydrogen-bond acceptors (Lipinski definition) is 10. The lowest BCUT2D eigenvalue weighted by Gasteiger charge is -2.46. The number of tetrazole rings is 1. The molecule has 0 aliphatic carbocycles. The van der Waals surface area contributed by atoms with Crippen LogP contribution in [-0.4, -0.2) is 53.0 Å². The van der Waals surface area contributed by atoms with Crippen LogP contribution in [-0.2, 0) is 7.05 Å². The molecule has 1 aliphatic rings. The van der Waals surface area contributed by atoms with E-state index in [0.717, 1.165) is 28.4 Å². The van der Waals surface area contributed by atoms with Crippen molar-refractivity contribution >= 4 is 17.5 Å². The van der Waals surface area contributed by atoms with Gasteiger partial charge >= 0.3 is 5.69 Å². The molecule has 3 heterocycles. The van der Waals surface area contributed by atoms with Gasteiger partial charge in [0.05, 0.1) is 17.9 Å². The molecule has 2 aromatic heterocycles. The lowest BCUT2D eigenvalue weighted by atomic mass is 9.79. The van der Waals surface area contributed by atoms with Gasteiger partial charge in [0.25, 0.3) is 0 Å². The fourth-order valence-electron chi connectivity index (χ4n) is 5.03. The van der Waals surface area contributed by atoms with E-state index in [1.807, 2.05) is 13.8 Å². The molecule has 0 atom stereocenters. The SMILES string of the molecule is CC(C)Oc1c(C#N)cc(Nc2ncc(F)c(NC3CC(C)(C)NC(C)(C)C3)n2)cc1-n1nnn(C)c1=O. The van der Waals surface area contributed by atoms with Gasteiger partial charge in [-0.15, -0.1) is 0 Å². The van der Waals surface area contributed by atoms with Crippen LogP contribution >= 0.6 is 0 Å². The van der Waals surface area contributed by atoms with E-state index in [2.05, 4.69) is 70.1 Å². The lowest BCUT2D eigenvalue weighted by Crippen LogP contribution is -2.60. The Morgan fingerprint density at radius 1 is 1.21 bits per heavy atom. The number of piperidine rings is 1. The average Bonchev–Trinajstić information content (AvgIpc) is 3.12. The first-order chi connectivity index (χ1) is 17.8. The van der Waals surface area contributed by atoms with Crippen molar-refractivity contribution in [2.45, 2.75) is 77.6 Å². The highest BCUT2D eigenvalue weighted by atomic mass is 19.1. The molecule has 202 valence electrons. The van der Waals surface area contributed by atoms with E-state index in [-0.39, 0.29) is 52.0 Å². The van der Waals surface area contributed by atoms with Gasteiger partial charge in [-0.3, -0.25) is 0 Å². The van der Waals surface area contributed by atoms with Crippen molar-refractivity contribution < 1.29 is 9.13 Å². The third kappa shape index (κ3) is 5.91. The van der Waals surface area contributed by atoms with Gasteiger partial charge in [-0.25, -0.2) is 14.2 Å². The van der Waals surface area contributed by atoms with Crippen molar-refractivity contribution in [2.75, 3.05) is 10.6 Å². The highest BCUT2D eigenvalue weighted by Crippen LogP contribution is 2.33. The predicted octanol–water partition coefficient (Wildman–Crippen LogP) is 3.02. The van der Waals surface area contributed by atoms with Gasteiger partial charge in [0.1, 0.15) is 11.8 Å². The minimum atomic E-state index is -0.574. The number of hydrogen-bond donors (Lipinski definition) is 3. The molecule has 0 bridgehead atoms. The Bertz CT molecular complexity index is 1420. The molecule has 0 unspecified atom stereocenters. The minimum absolute atomic E-state index is 0.00806. The monoisotopic (exact) mass is 524 g/mol. The lowest BCUT2D eigenvalue weighted by molar-refractivity contribution is 0.170. The number of anilines is 3. The van der Waals surface area contributed by atoms with E-state index in [0.29, 0.717) is 5.69 Å². The van der Waals surface area contributed by atoms with Crippen molar-refractivity contribution in [2.24, 2.45) is 7.05 Å². The Hall–Kier alpha value is -4.05. The summed E-state index contributed by atoms with van der Waals surface area (Å²) in [5.74, 6) is -0.198. The molecule has 13 heteroatoms. The maximum atomic E-state index is 14.7. The largest absolute Gasteiger partial charge is 0.487 e. The van der Waals surface area contributed by atoms with Gasteiger partial charge in [-0.05, 0) is 76.9 Å². The number of aromatic nitrogens is 6. The molecule has 1 aliphatic heterocycles. The predicted molar refractivity (Wildman–Crippen MR) is 140 cm³/mol. The standard InChI is InChI=1S/C25H33FN10O2/c1-14(2)38-20-15(12-27)8-16(9-19(20)36-23(37)35(7)33-34-36)30-22-28-13-18(26)21(31-22)29-17-10-24(3,4)32-25(5,6)11-17/h8-9,13-14,17,32H,10-11H2,1-7H3,(H2,28,29,30,31). The van der Waals surface area contributed by atoms with Crippen LogP contribution in [0.3, 0.4) is 0 Å². The van der Waals surface area contributed by atoms with E-state index in [1.165, 1.54) is 7.05 Å². The first-order valence-electron chi connectivity index (χ1n) is 12.4. The van der Waals surface area contributed by atoms with Crippen molar-refractivity contribution in [3.05, 3.63) is 40.2 Å². The van der Waals surface area contributed by atoms with Gasteiger partial charge in [0, 0.05) is 29.9 Å². The number of ether oxygens (including phenoxy) is 1. The smallest absolute Gasteiger partial charge is 0.368 e. The number of nitrogens with zero attached hydrogens (tertiary/aromatic N) is 7. The Labute approximate surface area is 220 Å². The van der Waals surface area contributed by atoms with Crippen LogP contribution in [0.5, 0.6) is 5.75 Å². The van der Waals surface area contributed by atoms with Gasteiger partial charge in [-0.1, -0.05) is 0 Å². The summed E-state index contributed by atoms with van der Waals surface area (Å²) in [5, 5.41) is 27.4. The van der Waals surface area contributed by atoms with Gasteiger partial charge in [0.2, 0.25) is 5.95 Å². The Kier molecular flexibility index (Phi) is 7.12. The topological polar surface area (TPSA) is 148 Å². The molecule has 1 saturated heterocycles. The third-order valence-electron chi connectivity index (χ3n) is 6.02. The summed E-state index contributed by atoms with van der Waals surface area (Å²) >= 11 is 0. The molecule has 3 aromatic rings. The summed E-state index contributed by atoms with van der Waals surface area (Å²) in [6.07, 6.45) is 2.37. The number of nitrogens with one attached hydrogen (secondary N) is 3. The fraction of sp³-hybridized carbons (Fsp3) is 0.520. The molecule has 0 saturated carbocycles. The first kappa shape index (κ1) is 27.0. The highest BCUT2D eigenvalue weighted by Gasteiger charge is 2.38. The van der Waals surface area contributed by atoms with Crippen LogP contribution in [0.4, 0.5) is 21.8 Å². The number of aryl methyl sites for hydroxylation is 1. The van der Waals surface area contributed by atoms with Crippen LogP contribution in [0.1, 0.15) is 59.9 Å². The van der Waals surface area contributed by atoms with E-state index in [1.54, 1.807) is 12.1 Å². The number of benzene rings is 1. The number of rotatable bonds is 7. The maximum absolute atomic E-state index is 14.7.